The Morgan fingerprint density at radius 2 is 1.54 bits per heavy atom. The molecule has 0 aliphatic heterocycles. The summed E-state index contributed by atoms with van der Waals surface area (Å²) in [4.78, 5) is 1.27. The summed E-state index contributed by atoms with van der Waals surface area (Å²) in [6.07, 6.45) is 9.00. The van der Waals surface area contributed by atoms with Gasteiger partial charge in [0.1, 0.15) is 0 Å². The number of thiophene rings is 1. The lowest BCUT2D eigenvalue weighted by molar-refractivity contribution is 0.504. The van der Waals surface area contributed by atoms with Crippen molar-refractivity contribution in [2.45, 2.75) is 45.4 Å². The second kappa shape index (κ2) is 6.44. The van der Waals surface area contributed by atoms with Gasteiger partial charge in [-0.3, -0.25) is 0 Å². The fraction of sp³-hybridized carbons (Fsp3) is 0.636. The molecule has 0 N–H and O–H groups in total. The zero-order valence-electron chi connectivity index (χ0n) is 8.18. The van der Waals surface area contributed by atoms with E-state index in [-0.39, 0.29) is 0 Å². The fourth-order valence-corrected chi connectivity index (χ4v) is 2.40. The maximum atomic E-state index is 5.57. The van der Waals surface area contributed by atoms with E-state index in [1.165, 1.54) is 43.4 Å². The summed E-state index contributed by atoms with van der Waals surface area (Å²) in [6.45, 7) is 2.04. The number of aryl methyl sites for hydroxylation is 1. The molecule has 0 atom stereocenters. The molecule has 0 saturated heterocycles. The van der Waals surface area contributed by atoms with E-state index in [9.17, 15) is 0 Å². The molecule has 1 saturated carbocycles. The third kappa shape index (κ3) is 5.33. The molecule has 0 nitrogen and oxygen atoms in total. The van der Waals surface area contributed by atoms with Crippen LogP contribution >= 0.6 is 22.9 Å². The topological polar surface area (TPSA) is 0 Å². The molecular formula is C11H17ClS. The quantitative estimate of drug-likeness (QED) is 0.569. The highest BCUT2D eigenvalue weighted by atomic mass is 35.5. The monoisotopic (exact) mass is 216 g/mol. The Hall–Kier alpha value is -0.0100. The number of halogens is 1. The van der Waals surface area contributed by atoms with Gasteiger partial charge in [-0.25, -0.2) is 0 Å². The van der Waals surface area contributed by atoms with Crippen LogP contribution in [-0.2, 0) is 0 Å². The Balaban J connectivity index is 0.000000132. The molecule has 1 aromatic heterocycles. The van der Waals surface area contributed by atoms with Crippen LogP contribution in [0, 0.1) is 6.92 Å². The van der Waals surface area contributed by atoms with Gasteiger partial charge in [0.25, 0.3) is 0 Å². The van der Waals surface area contributed by atoms with Crippen LogP contribution in [0.4, 0.5) is 0 Å². The average molecular weight is 217 g/mol. The first-order chi connectivity index (χ1) is 6.29. The molecular weight excluding hydrogens is 200 g/mol. The minimum Gasteiger partial charge on any atom is -0.148 e. The molecule has 74 valence electrons. The minimum atomic E-state index is 0.850. The van der Waals surface area contributed by atoms with Gasteiger partial charge in [0.15, 0.2) is 0 Å². The van der Waals surface area contributed by atoms with E-state index in [0.29, 0.717) is 0 Å². The average Bonchev–Trinajstić information content (AvgIpc) is 2.54. The maximum absolute atomic E-state index is 5.57. The molecule has 0 amide bonds. The highest BCUT2D eigenvalue weighted by molar-refractivity contribution is 7.10. The highest BCUT2D eigenvalue weighted by Crippen LogP contribution is 2.17. The van der Waals surface area contributed by atoms with Crippen molar-refractivity contribution in [2.24, 2.45) is 0 Å². The van der Waals surface area contributed by atoms with Gasteiger partial charge in [-0.2, -0.15) is 0 Å². The largest absolute Gasteiger partial charge is 0.148 e. The highest BCUT2D eigenvalue weighted by Gasteiger charge is 1.95. The first-order valence-corrected chi connectivity index (χ1v) is 6.25. The van der Waals surface area contributed by atoms with Crippen molar-refractivity contribution in [2.75, 3.05) is 0 Å². The summed E-state index contributed by atoms with van der Waals surface area (Å²) in [7, 11) is 0. The van der Waals surface area contributed by atoms with E-state index in [1.807, 2.05) is 18.4 Å². The first kappa shape index (κ1) is 11.1. The molecule has 0 unspecified atom stereocenters. The van der Waals surface area contributed by atoms with Crippen molar-refractivity contribution in [1.29, 1.82) is 0 Å². The Labute approximate surface area is 89.9 Å². The fourth-order valence-electron chi connectivity index (χ4n) is 1.47. The molecule has 0 bridgehead atoms. The molecule has 1 aliphatic rings. The predicted molar refractivity (Wildman–Crippen MR) is 61.8 cm³/mol. The number of hydrogen-bond acceptors (Lipinski definition) is 1. The second-order valence-corrected chi connectivity index (χ2v) is 5.05. The molecule has 0 aromatic carbocycles. The van der Waals surface area contributed by atoms with Gasteiger partial charge in [-0.1, -0.05) is 50.1 Å². The molecule has 2 rings (SSSR count). The van der Waals surface area contributed by atoms with Crippen LogP contribution in [0.25, 0.3) is 0 Å². The molecule has 0 radical (unpaired) electrons. The van der Waals surface area contributed by atoms with Gasteiger partial charge >= 0.3 is 0 Å². The molecule has 0 spiro atoms. The standard InChI is InChI=1S/C6H12.C5H5ClS/c1-2-4-6-5-3-1;1-4-2-5(6)3-7-4/h1-6H2;2-3H,1H3. The van der Waals surface area contributed by atoms with Crippen LogP contribution in [-0.4, -0.2) is 0 Å². The number of rotatable bonds is 0. The van der Waals surface area contributed by atoms with Crippen LogP contribution < -0.4 is 0 Å². The van der Waals surface area contributed by atoms with Crippen LogP contribution in [0.15, 0.2) is 11.4 Å². The van der Waals surface area contributed by atoms with Gasteiger partial charge < -0.3 is 0 Å². The lowest BCUT2D eigenvalue weighted by atomic mass is 10.0. The predicted octanol–water partition coefficient (Wildman–Crippen LogP) is 5.05. The summed E-state index contributed by atoms with van der Waals surface area (Å²) >= 11 is 7.24. The summed E-state index contributed by atoms with van der Waals surface area (Å²) in [5.74, 6) is 0. The van der Waals surface area contributed by atoms with Crippen molar-refractivity contribution in [3.63, 3.8) is 0 Å². The lowest BCUT2D eigenvalue weighted by Crippen LogP contribution is -1.85. The second-order valence-electron chi connectivity index (χ2n) is 3.50. The van der Waals surface area contributed by atoms with E-state index in [0.717, 1.165) is 5.02 Å². The van der Waals surface area contributed by atoms with Gasteiger partial charge in [0.05, 0.1) is 5.02 Å². The summed E-state index contributed by atoms with van der Waals surface area (Å²) in [5.41, 5.74) is 0. The molecule has 13 heavy (non-hydrogen) atoms. The van der Waals surface area contributed by atoms with Crippen molar-refractivity contribution in [3.05, 3.63) is 21.3 Å². The van der Waals surface area contributed by atoms with Crippen LogP contribution in [0.5, 0.6) is 0 Å². The SMILES string of the molecule is C1CCCCC1.Cc1cc(Cl)cs1. The van der Waals surface area contributed by atoms with E-state index in [1.54, 1.807) is 11.3 Å². The van der Waals surface area contributed by atoms with Gasteiger partial charge in [0, 0.05) is 10.3 Å². The Morgan fingerprint density at radius 1 is 1.08 bits per heavy atom. The molecule has 2 heteroatoms. The zero-order valence-corrected chi connectivity index (χ0v) is 9.76. The smallest absolute Gasteiger partial charge is 0.0515 e. The van der Waals surface area contributed by atoms with Gasteiger partial charge in [-0.15, -0.1) is 11.3 Å². The normalized spacial score (nSPS) is 16.2. The van der Waals surface area contributed by atoms with Crippen LogP contribution in [0.2, 0.25) is 5.02 Å². The maximum Gasteiger partial charge on any atom is 0.0515 e. The van der Waals surface area contributed by atoms with Gasteiger partial charge in [-0.05, 0) is 13.0 Å². The lowest BCUT2D eigenvalue weighted by Gasteiger charge is -2.05. The summed E-state index contributed by atoms with van der Waals surface area (Å²) in [5, 5.41) is 2.78. The Morgan fingerprint density at radius 3 is 1.69 bits per heavy atom. The molecule has 1 aliphatic carbocycles. The van der Waals surface area contributed by atoms with Crippen molar-refractivity contribution >= 4 is 22.9 Å². The van der Waals surface area contributed by atoms with Crippen LogP contribution in [0.1, 0.15) is 43.4 Å². The molecule has 1 heterocycles. The molecule has 1 aromatic rings. The summed E-state index contributed by atoms with van der Waals surface area (Å²) < 4.78 is 0. The Kier molecular flexibility index (Phi) is 5.49. The van der Waals surface area contributed by atoms with E-state index in [2.05, 4.69) is 0 Å². The summed E-state index contributed by atoms with van der Waals surface area (Å²) in [6, 6.07) is 1.95. The first-order valence-electron chi connectivity index (χ1n) is 4.99. The third-order valence-corrected chi connectivity index (χ3v) is 3.41. The van der Waals surface area contributed by atoms with Gasteiger partial charge in [0.2, 0.25) is 0 Å². The van der Waals surface area contributed by atoms with Crippen LogP contribution in [0.3, 0.4) is 0 Å². The van der Waals surface area contributed by atoms with Crippen molar-refractivity contribution < 1.29 is 0 Å². The van der Waals surface area contributed by atoms with E-state index < -0.39 is 0 Å². The zero-order chi connectivity index (χ0) is 9.52. The third-order valence-electron chi connectivity index (χ3n) is 2.20. The molecule has 1 fully saturated rings. The Bertz CT molecular complexity index is 198. The number of hydrogen-bond donors (Lipinski definition) is 0. The van der Waals surface area contributed by atoms with E-state index >= 15 is 0 Å². The van der Waals surface area contributed by atoms with Crippen molar-refractivity contribution in [1.82, 2.24) is 0 Å². The van der Waals surface area contributed by atoms with E-state index in [4.69, 9.17) is 11.6 Å². The minimum absolute atomic E-state index is 0.850. The van der Waals surface area contributed by atoms with Crippen molar-refractivity contribution in [3.8, 4) is 0 Å².